The molecule has 1 aromatic heterocycles. The van der Waals surface area contributed by atoms with Crippen LogP contribution in [0.15, 0.2) is 47.6 Å². The summed E-state index contributed by atoms with van der Waals surface area (Å²) in [6.45, 7) is 3.78. The summed E-state index contributed by atoms with van der Waals surface area (Å²) in [5, 5.41) is 0.715. The van der Waals surface area contributed by atoms with E-state index < -0.39 is 10.7 Å². The van der Waals surface area contributed by atoms with Crippen molar-refractivity contribution in [3.8, 4) is 0 Å². The number of hydrogen-bond acceptors (Lipinski definition) is 4. The van der Waals surface area contributed by atoms with Crippen LogP contribution < -0.4 is 5.73 Å². The Labute approximate surface area is 154 Å². The molecule has 2 N–H and O–H groups in total. The lowest BCUT2D eigenvalue weighted by atomic mass is 9.98. The molecule has 0 fully saturated rings. The number of halogens is 1. The Morgan fingerprint density at radius 1 is 1.31 bits per heavy atom. The molecule has 0 radical (unpaired) electrons. The lowest BCUT2D eigenvalue weighted by Gasteiger charge is -2.21. The van der Waals surface area contributed by atoms with Crippen molar-refractivity contribution in [1.82, 2.24) is 4.98 Å². The molecule has 134 valence electrons. The highest BCUT2D eigenvalue weighted by Crippen LogP contribution is 2.44. The predicted octanol–water partition coefficient (Wildman–Crippen LogP) is 3.40. The van der Waals surface area contributed by atoms with Crippen LogP contribution in [0.3, 0.4) is 0 Å². The minimum absolute atomic E-state index is 0.0932. The van der Waals surface area contributed by atoms with Crippen molar-refractivity contribution in [2.45, 2.75) is 30.9 Å². The zero-order chi connectivity index (χ0) is 18.9. The SMILES string of the molecule is C[C@H](CC1=NC(=O)C(C)(c2ccnc(C(N)=O)c2)S1)c1ccc(F)cc1. The molecule has 1 unspecified atom stereocenters. The van der Waals surface area contributed by atoms with E-state index in [-0.39, 0.29) is 23.3 Å². The highest BCUT2D eigenvalue weighted by Gasteiger charge is 2.43. The van der Waals surface area contributed by atoms with Crippen LogP contribution >= 0.6 is 11.8 Å². The summed E-state index contributed by atoms with van der Waals surface area (Å²) < 4.78 is 12.2. The molecule has 1 aliphatic rings. The maximum atomic E-state index is 13.1. The second kappa shape index (κ2) is 6.99. The fourth-order valence-corrected chi connectivity index (χ4v) is 4.14. The van der Waals surface area contributed by atoms with Crippen molar-refractivity contribution in [1.29, 1.82) is 0 Å². The number of carbonyl (C=O) groups is 2. The normalized spacial score (nSPS) is 20.7. The number of nitrogens with two attached hydrogens (primary N) is 1. The zero-order valence-electron chi connectivity index (χ0n) is 14.4. The number of rotatable bonds is 5. The van der Waals surface area contributed by atoms with E-state index >= 15 is 0 Å². The zero-order valence-corrected chi connectivity index (χ0v) is 15.2. The topological polar surface area (TPSA) is 85.4 Å². The molecular weight excluding hydrogens is 353 g/mol. The van der Waals surface area contributed by atoms with Gasteiger partial charge in [0.1, 0.15) is 16.3 Å². The second-order valence-corrected chi connectivity index (χ2v) is 7.89. The maximum Gasteiger partial charge on any atom is 0.267 e. The van der Waals surface area contributed by atoms with E-state index in [9.17, 15) is 14.0 Å². The highest BCUT2D eigenvalue weighted by atomic mass is 32.2. The predicted molar refractivity (Wildman–Crippen MR) is 99.6 cm³/mol. The van der Waals surface area contributed by atoms with Gasteiger partial charge in [0.15, 0.2) is 0 Å². The number of aromatic nitrogens is 1. The van der Waals surface area contributed by atoms with Crippen molar-refractivity contribution in [2.24, 2.45) is 10.7 Å². The van der Waals surface area contributed by atoms with E-state index in [1.54, 1.807) is 25.1 Å². The van der Waals surface area contributed by atoms with Crippen molar-refractivity contribution in [3.63, 3.8) is 0 Å². The van der Waals surface area contributed by atoms with E-state index in [2.05, 4.69) is 9.98 Å². The van der Waals surface area contributed by atoms with Crippen LogP contribution in [0.5, 0.6) is 0 Å². The first-order valence-corrected chi connectivity index (χ1v) is 8.94. The van der Waals surface area contributed by atoms with Gasteiger partial charge in [-0.2, -0.15) is 0 Å². The summed E-state index contributed by atoms with van der Waals surface area (Å²) in [4.78, 5) is 32.0. The van der Waals surface area contributed by atoms with Gasteiger partial charge in [-0.25, -0.2) is 9.38 Å². The Morgan fingerprint density at radius 3 is 2.65 bits per heavy atom. The van der Waals surface area contributed by atoms with E-state index in [0.717, 1.165) is 5.56 Å². The molecule has 2 heterocycles. The molecule has 2 atom stereocenters. The molecule has 0 spiro atoms. The highest BCUT2D eigenvalue weighted by molar-refractivity contribution is 8.15. The quantitative estimate of drug-likeness (QED) is 0.873. The van der Waals surface area contributed by atoms with Crippen LogP contribution in [0, 0.1) is 5.82 Å². The lowest BCUT2D eigenvalue weighted by molar-refractivity contribution is -0.119. The van der Waals surface area contributed by atoms with Crippen molar-refractivity contribution >= 4 is 28.6 Å². The average molecular weight is 371 g/mol. The molecule has 7 heteroatoms. The fraction of sp³-hybridized carbons (Fsp3) is 0.263. The summed E-state index contributed by atoms with van der Waals surface area (Å²) in [5.41, 5.74) is 7.02. The van der Waals surface area contributed by atoms with Crippen LogP contribution in [0.1, 0.15) is 47.8 Å². The minimum atomic E-state index is -0.912. The Kier molecular flexibility index (Phi) is 4.91. The molecule has 1 aliphatic heterocycles. The summed E-state index contributed by atoms with van der Waals surface area (Å²) in [6.07, 6.45) is 2.04. The van der Waals surface area contributed by atoms with Gasteiger partial charge in [-0.1, -0.05) is 30.8 Å². The van der Waals surface area contributed by atoms with Crippen molar-refractivity contribution in [3.05, 3.63) is 65.2 Å². The molecule has 0 bridgehead atoms. The van der Waals surface area contributed by atoms with Gasteiger partial charge in [-0.15, -0.1) is 0 Å². The number of benzene rings is 1. The van der Waals surface area contributed by atoms with Crippen LogP contribution in [0.2, 0.25) is 0 Å². The monoisotopic (exact) mass is 371 g/mol. The summed E-state index contributed by atoms with van der Waals surface area (Å²) >= 11 is 1.37. The molecule has 0 saturated carbocycles. The molecule has 3 rings (SSSR count). The van der Waals surface area contributed by atoms with Gasteiger partial charge in [-0.3, -0.25) is 14.6 Å². The third kappa shape index (κ3) is 3.53. The number of aliphatic imine (C=N–C) groups is 1. The van der Waals surface area contributed by atoms with Gasteiger partial charge in [0.25, 0.3) is 11.8 Å². The molecule has 0 aliphatic carbocycles. The number of primary amides is 1. The second-order valence-electron chi connectivity index (χ2n) is 6.40. The lowest BCUT2D eigenvalue weighted by Crippen LogP contribution is -2.25. The minimum Gasteiger partial charge on any atom is -0.364 e. The average Bonchev–Trinajstić information content (AvgIpc) is 2.90. The van der Waals surface area contributed by atoms with Gasteiger partial charge in [0, 0.05) is 12.6 Å². The fourth-order valence-electron chi connectivity index (χ4n) is 2.82. The summed E-state index contributed by atoms with van der Waals surface area (Å²) in [7, 11) is 0. The molecule has 2 aromatic rings. The standard InChI is InChI=1S/C19H18FN3O2S/c1-11(12-3-5-14(20)6-4-12)9-16-23-18(25)19(2,26-16)13-7-8-22-15(10-13)17(21)24/h3-8,10-11H,9H2,1-2H3,(H2,21,24)/t11-,19?/m1/s1. The molecule has 0 saturated heterocycles. The van der Waals surface area contributed by atoms with E-state index in [1.807, 2.05) is 6.92 Å². The van der Waals surface area contributed by atoms with Crippen molar-refractivity contribution < 1.29 is 14.0 Å². The van der Waals surface area contributed by atoms with E-state index in [4.69, 9.17) is 5.73 Å². The largest absolute Gasteiger partial charge is 0.364 e. The van der Waals surface area contributed by atoms with Crippen LogP contribution in [-0.4, -0.2) is 21.8 Å². The Hall–Kier alpha value is -2.54. The number of nitrogens with zero attached hydrogens (tertiary/aromatic N) is 2. The van der Waals surface area contributed by atoms with Gasteiger partial charge in [-0.05, 0) is 48.2 Å². The molecule has 5 nitrogen and oxygen atoms in total. The van der Waals surface area contributed by atoms with Crippen molar-refractivity contribution in [2.75, 3.05) is 0 Å². The van der Waals surface area contributed by atoms with Gasteiger partial charge < -0.3 is 5.73 Å². The van der Waals surface area contributed by atoms with E-state index in [1.165, 1.54) is 36.2 Å². The Morgan fingerprint density at radius 2 is 2.00 bits per heavy atom. The van der Waals surface area contributed by atoms with Crippen LogP contribution in [0.25, 0.3) is 0 Å². The molecule has 1 aromatic carbocycles. The molecule has 26 heavy (non-hydrogen) atoms. The first-order valence-electron chi connectivity index (χ1n) is 8.12. The molecule has 2 amide bonds. The first kappa shape index (κ1) is 18.3. The number of hydrogen-bond donors (Lipinski definition) is 1. The van der Waals surface area contributed by atoms with Gasteiger partial charge in [0.05, 0.1) is 5.04 Å². The Balaban J connectivity index is 1.78. The smallest absolute Gasteiger partial charge is 0.267 e. The summed E-state index contributed by atoms with van der Waals surface area (Å²) in [6, 6.07) is 9.56. The number of thioether (sulfide) groups is 1. The third-order valence-corrected chi connectivity index (χ3v) is 5.75. The number of carbonyl (C=O) groups excluding carboxylic acids is 2. The number of amides is 2. The van der Waals surface area contributed by atoms with Crippen LogP contribution in [-0.2, 0) is 9.54 Å². The third-order valence-electron chi connectivity index (χ3n) is 4.44. The number of pyridine rings is 1. The first-order chi connectivity index (χ1) is 12.3. The summed E-state index contributed by atoms with van der Waals surface area (Å²) in [5.74, 6) is -1.10. The van der Waals surface area contributed by atoms with Gasteiger partial charge in [0.2, 0.25) is 0 Å². The Bertz CT molecular complexity index is 898. The van der Waals surface area contributed by atoms with E-state index in [0.29, 0.717) is 17.0 Å². The maximum absolute atomic E-state index is 13.1. The molecular formula is C19H18FN3O2S. The van der Waals surface area contributed by atoms with Crippen LogP contribution in [0.4, 0.5) is 4.39 Å². The van der Waals surface area contributed by atoms with Gasteiger partial charge >= 0.3 is 0 Å².